The second-order valence-electron chi connectivity index (χ2n) is 7.52. The summed E-state index contributed by atoms with van der Waals surface area (Å²) in [7, 11) is 0. The fourth-order valence-corrected chi connectivity index (χ4v) is 3.84. The highest BCUT2D eigenvalue weighted by molar-refractivity contribution is 5.85. The van der Waals surface area contributed by atoms with Crippen molar-refractivity contribution in [3.05, 3.63) is 36.0 Å². The highest BCUT2D eigenvalue weighted by Gasteiger charge is 2.19. The molecule has 0 saturated carbocycles. The van der Waals surface area contributed by atoms with Crippen LogP contribution >= 0.6 is 0 Å². The lowest BCUT2D eigenvalue weighted by molar-refractivity contribution is 0.0342. The van der Waals surface area contributed by atoms with Gasteiger partial charge in [0.1, 0.15) is 0 Å². The molecular weight excluding hydrogens is 382 g/mol. The Morgan fingerprint density at radius 1 is 0.867 bits per heavy atom. The molecule has 2 fully saturated rings. The molecule has 0 radical (unpaired) electrons. The molecule has 2 saturated heterocycles. The van der Waals surface area contributed by atoms with Crippen LogP contribution in [0.4, 0.5) is 11.8 Å². The molecule has 1 aromatic carbocycles. The molecule has 0 spiro atoms. The maximum absolute atomic E-state index is 5.91. The Balaban J connectivity index is 1.43. The van der Waals surface area contributed by atoms with Crippen molar-refractivity contribution in [3.8, 4) is 11.3 Å². The largest absolute Gasteiger partial charge is 0.379 e. The van der Waals surface area contributed by atoms with Gasteiger partial charge in [0.2, 0.25) is 5.95 Å². The van der Waals surface area contributed by atoms with Gasteiger partial charge in [0.25, 0.3) is 0 Å². The Hall–Kier alpha value is -2.88. The predicted molar refractivity (Wildman–Crippen MR) is 114 cm³/mol. The van der Waals surface area contributed by atoms with Crippen molar-refractivity contribution in [1.29, 1.82) is 0 Å². The van der Waals surface area contributed by atoms with Crippen LogP contribution in [0.2, 0.25) is 0 Å². The minimum absolute atomic E-state index is 0.207. The lowest BCUT2D eigenvalue weighted by Crippen LogP contribution is -2.37. The SMILES string of the molecule is Nc1nc(N2CCOCC2)c2nc(-c3ccc(CN4CCOCC4)cc3)cnc2n1. The lowest BCUT2D eigenvalue weighted by atomic mass is 10.1. The average Bonchev–Trinajstić information content (AvgIpc) is 2.80. The average molecular weight is 407 g/mol. The minimum Gasteiger partial charge on any atom is -0.379 e. The van der Waals surface area contributed by atoms with Crippen LogP contribution in [0.1, 0.15) is 5.56 Å². The van der Waals surface area contributed by atoms with E-state index in [1.165, 1.54) is 5.56 Å². The Kier molecular flexibility index (Phi) is 5.39. The number of hydrogen-bond donors (Lipinski definition) is 1. The third-order valence-electron chi connectivity index (χ3n) is 5.48. The molecule has 2 aliphatic rings. The second kappa shape index (κ2) is 8.47. The number of anilines is 2. The summed E-state index contributed by atoms with van der Waals surface area (Å²) < 4.78 is 10.9. The predicted octanol–water partition coefficient (Wildman–Crippen LogP) is 1.34. The first kappa shape index (κ1) is 19.1. The molecule has 2 N–H and O–H groups in total. The zero-order valence-corrected chi connectivity index (χ0v) is 16.8. The third kappa shape index (κ3) is 4.04. The first-order valence-corrected chi connectivity index (χ1v) is 10.3. The van der Waals surface area contributed by atoms with Crippen molar-refractivity contribution in [3.63, 3.8) is 0 Å². The van der Waals surface area contributed by atoms with Gasteiger partial charge in [-0.05, 0) is 5.56 Å². The number of hydrogen-bond acceptors (Lipinski definition) is 9. The Bertz CT molecular complexity index is 1020. The third-order valence-corrected chi connectivity index (χ3v) is 5.48. The van der Waals surface area contributed by atoms with Gasteiger partial charge >= 0.3 is 0 Å². The number of benzene rings is 1. The van der Waals surface area contributed by atoms with E-state index in [4.69, 9.17) is 20.2 Å². The van der Waals surface area contributed by atoms with Crippen LogP contribution in [0.25, 0.3) is 22.4 Å². The maximum atomic E-state index is 5.91. The topological polar surface area (TPSA) is 103 Å². The van der Waals surface area contributed by atoms with E-state index < -0.39 is 0 Å². The zero-order chi connectivity index (χ0) is 20.3. The van der Waals surface area contributed by atoms with E-state index in [1.807, 2.05) is 0 Å². The number of aromatic nitrogens is 4. The fourth-order valence-electron chi connectivity index (χ4n) is 3.84. The van der Waals surface area contributed by atoms with Crippen LogP contribution in [-0.4, -0.2) is 77.4 Å². The standard InChI is InChI=1S/C21H25N7O2/c22-21-25-19-18(20(26-21)28-7-11-30-12-8-28)24-17(13-23-19)16-3-1-15(2-4-16)14-27-5-9-29-10-6-27/h1-4,13H,5-12,14H2,(H2,22,23,25,26). The number of nitrogens with zero attached hydrogens (tertiary/aromatic N) is 6. The monoisotopic (exact) mass is 407 g/mol. The summed E-state index contributed by atoms with van der Waals surface area (Å²) in [6, 6.07) is 8.49. The van der Waals surface area contributed by atoms with Crippen molar-refractivity contribution in [2.24, 2.45) is 0 Å². The Morgan fingerprint density at radius 2 is 1.57 bits per heavy atom. The summed E-state index contributed by atoms with van der Waals surface area (Å²) >= 11 is 0. The van der Waals surface area contributed by atoms with Crippen molar-refractivity contribution < 1.29 is 9.47 Å². The number of ether oxygens (including phenoxy) is 2. The molecule has 2 aliphatic heterocycles. The summed E-state index contributed by atoms with van der Waals surface area (Å²) in [6.07, 6.45) is 1.74. The van der Waals surface area contributed by atoms with Gasteiger partial charge in [0, 0.05) is 38.3 Å². The molecule has 0 bridgehead atoms. The molecular formula is C21H25N7O2. The van der Waals surface area contributed by atoms with E-state index in [-0.39, 0.29) is 5.95 Å². The smallest absolute Gasteiger partial charge is 0.224 e. The van der Waals surface area contributed by atoms with Gasteiger partial charge < -0.3 is 20.1 Å². The molecule has 0 unspecified atom stereocenters. The summed E-state index contributed by atoms with van der Waals surface area (Å²) in [6.45, 7) is 7.30. The molecule has 0 atom stereocenters. The van der Waals surface area contributed by atoms with Crippen LogP contribution in [-0.2, 0) is 16.0 Å². The fraction of sp³-hybridized carbons (Fsp3) is 0.429. The second-order valence-corrected chi connectivity index (χ2v) is 7.52. The van der Waals surface area contributed by atoms with Crippen molar-refractivity contribution in [2.45, 2.75) is 6.54 Å². The highest BCUT2D eigenvalue weighted by atomic mass is 16.5. The molecule has 4 heterocycles. The van der Waals surface area contributed by atoms with E-state index in [9.17, 15) is 0 Å². The van der Waals surface area contributed by atoms with Gasteiger partial charge in [-0.1, -0.05) is 24.3 Å². The first-order chi connectivity index (χ1) is 14.8. The summed E-state index contributed by atoms with van der Waals surface area (Å²) in [4.78, 5) is 22.6. The summed E-state index contributed by atoms with van der Waals surface area (Å²) in [5, 5.41) is 0. The number of fused-ring (bicyclic) bond motifs is 1. The van der Waals surface area contributed by atoms with Crippen LogP contribution < -0.4 is 10.6 Å². The van der Waals surface area contributed by atoms with E-state index in [0.29, 0.717) is 24.4 Å². The molecule has 0 amide bonds. The van der Waals surface area contributed by atoms with E-state index >= 15 is 0 Å². The summed E-state index contributed by atoms with van der Waals surface area (Å²) in [5.74, 6) is 0.928. The number of morpholine rings is 2. The summed E-state index contributed by atoms with van der Waals surface area (Å²) in [5.41, 5.74) is 10.2. The van der Waals surface area contributed by atoms with Crippen molar-refractivity contribution in [1.82, 2.24) is 24.8 Å². The molecule has 5 rings (SSSR count). The molecule has 0 aliphatic carbocycles. The highest BCUT2D eigenvalue weighted by Crippen LogP contribution is 2.26. The van der Waals surface area contributed by atoms with Crippen molar-refractivity contribution >= 4 is 22.9 Å². The first-order valence-electron chi connectivity index (χ1n) is 10.3. The van der Waals surface area contributed by atoms with E-state index in [1.54, 1.807) is 6.20 Å². The molecule has 2 aromatic heterocycles. The zero-order valence-electron chi connectivity index (χ0n) is 16.8. The molecule has 156 valence electrons. The van der Waals surface area contributed by atoms with Crippen molar-refractivity contribution in [2.75, 3.05) is 63.2 Å². The van der Waals surface area contributed by atoms with Crippen LogP contribution in [0, 0.1) is 0 Å². The van der Waals surface area contributed by atoms with Gasteiger partial charge in [-0.3, -0.25) is 4.90 Å². The lowest BCUT2D eigenvalue weighted by Gasteiger charge is -2.28. The van der Waals surface area contributed by atoms with Gasteiger partial charge in [-0.25, -0.2) is 9.97 Å². The minimum atomic E-state index is 0.207. The Labute approximate surface area is 174 Å². The quantitative estimate of drug-likeness (QED) is 0.686. The maximum Gasteiger partial charge on any atom is 0.224 e. The van der Waals surface area contributed by atoms with E-state index in [0.717, 1.165) is 63.0 Å². The van der Waals surface area contributed by atoms with Gasteiger partial charge in [0.15, 0.2) is 17.0 Å². The normalized spacial score (nSPS) is 18.1. The van der Waals surface area contributed by atoms with E-state index in [2.05, 4.69) is 49.0 Å². The number of nitrogens with two attached hydrogens (primary N) is 1. The molecule has 30 heavy (non-hydrogen) atoms. The molecule has 9 heteroatoms. The van der Waals surface area contributed by atoms with Crippen LogP contribution in [0.5, 0.6) is 0 Å². The number of nitrogen functional groups attached to an aromatic ring is 1. The number of rotatable bonds is 4. The van der Waals surface area contributed by atoms with Gasteiger partial charge in [0.05, 0.1) is 38.3 Å². The molecule has 9 nitrogen and oxygen atoms in total. The van der Waals surface area contributed by atoms with Crippen LogP contribution in [0.15, 0.2) is 30.5 Å². The van der Waals surface area contributed by atoms with Gasteiger partial charge in [-0.2, -0.15) is 9.97 Å². The van der Waals surface area contributed by atoms with Gasteiger partial charge in [-0.15, -0.1) is 0 Å². The Morgan fingerprint density at radius 3 is 2.30 bits per heavy atom. The molecule has 3 aromatic rings. The van der Waals surface area contributed by atoms with Crippen LogP contribution in [0.3, 0.4) is 0 Å².